The summed E-state index contributed by atoms with van der Waals surface area (Å²) in [4.78, 5) is 1.66. The number of halogens is 2. The Labute approximate surface area is 79.1 Å². The van der Waals surface area contributed by atoms with E-state index in [0.717, 1.165) is 25.8 Å². The Balaban J connectivity index is 3.22. The molecular weight excluding hydrogens is 174 g/mol. The van der Waals surface area contributed by atoms with E-state index in [1.54, 1.807) is 11.9 Å². The topological polar surface area (TPSA) is 29.3 Å². The van der Waals surface area contributed by atoms with Crippen LogP contribution in [0.15, 0.2) is 0 Å². The molecule has 0 amide bonds. The largest absolute Gasteiger partial charge is 0.328 e. The smallest absolute Gasteiger partial charge is 0.251 e. The molecule has 2 nitrogen and oxygen atoms in total. The summed E-state index contributed by atoms with van der Waals surface area (Å²) >= 11 is 0. The predicted octanol–water partition coefficient (Wildman–Crippen LogP) is 1.70. The first-order valence-electron chi connectivity index (χ1n) is 4.74. The van der Waals surface area contributed by atoms with Crippen LogP contribution in [0.3, 0.4) is 0 Å². The van der Waals surface area contributed by atoms with Crippen molar-refractivity contribution in [1.29, 1.82) is 0 Å². The van der Waals surface area contributed by atoms with E-state index in [1.807, 2.05) is 6.92 Å². The van der Waals surface area contributed by atoms with E-state index in [9.17, 15) is 8.78 Å². The molecule has 0 rings (SSSR count). The molecule has 0 bridgehead atoms. The van der Waals surface area contributed by atoms with Crippen LogP contribution in [0.5, 0.6) is 0 Å². The van der Waals surface area contributed by atoms with Crippen molar-refractivity contribution in [3.05, 3.63) is 0 Å². The number of hydrogen-bond donors (Lipinski definition) is 1. The van der Waals surface area contributed by atoms with Crippen LogP contribution >= 0.6 is 0 Å². The number of hydrogen-bond acceptors (Lipinski definition) is 2. The summed E-state index contributed by atoms with van der Waals surface area (Å²) in [5.41, 5.74) is 5.56. The van der Waals surface area contributed by atoms with Crippen molar-refractivity contribution < 1.29 is 8.78 Å². The lowest BCUT2D eigenvalue weighted by Gasteiger charge is -2.15. The van der Waals surface area contributed by atoms with Gasteiger partial charge in [0.05, 0.1) is 6.54 Å². The molecule has 0 saturated heterocycles. The van der Waals surface area contributed by atoms with Gasteiger partial charge in [-0.3, -0.25) is 0 Å². The molecule has 0 aromatic rings. The molecule has 1 atom stereocenters. The molecule has 0 aliphatic carbocycles. The minimum atomic E-state index is -2.22. The van der Waals surface area contributed by atoms with Gasteiger partial charge >= 0.3 is 0 Å². The van der Waals surface area contributed by atoms with Gasteiger partial charge in [0.25, 0.3) is 6.43 Å². The fourth-order valence-electron chi connectivity index (χ4n) is 1.17. The van der Waals surface area contributed by atoms with Gasteiger partial charge < -0.3 is 10.6 Å². The molecule has 0 radical (unpaired) electrons. The first kappa shape index (κ1) is 12.8. The van der Waals surface area contributed by atoms with Crippen LogP contribution in [-0.4, -0.2) is 37.5 Å². The van der Waals surface area contributed by atoms with Crippen LogP contribution in [0.2, 0.25) is 0 Å². The number of nitrogens with two attached hydrogens (primary N) is 1. The summed E-state index contributed by atoms with van der Waals surface area (Å²) in [6, 6.07) is 0.223. The fraction of sp³-hybridized carbons (Fsp3) is 1.00. The van der Waals surface area contributed by atoms with Crippen LogP contribution < -0.4 is 5.73 Å². The third-order valence-corrected chi connectivity index (χ3v) is 1.90. The average Bonchev–Trinajstić information content (AvgIpc) is 1.96. The molecule has 0 aromatic carbocycles. The highest BCUT2D eigenvalue weighted by Gasteiger charge is 2.06. The zero-order chi connectivity index (χ0) is 10.3. The molecule has 1 unspecified atom stereocenters. The van der Waals surface area contributed by atoms with Gasteiger partial charge in [-0.25, -0.2) is 8.78 Å². The Hall–Kier alpha value is -0.220. The van der Waals surface area contributed by atoms with E-state index < -0.39 is 6.43 Å². The second-order valence-corrected chi connectivity index (χ2v) is 3.63. The van der Waals surface area contributed by atoms with E-state index in [2.05, 4.69) is 0 Å². The minimum absolute atomic E-state index is 0.127. The quantitative estimate of drug-likeness (QED) is 0.625. The summed E-state index contributed by atoms with van der Waals surface area (Å²) in [7, 11) is 1.72. The van der Waals surface area contributed by atoms with Gasteiger partial charge in [-0.1, -0.05) is 6.42 Å². The maximum Gasteiger partial charge on any atom is 0.251 e. The van der Waals surface area contributed by atoms with E-state index in [1.165, 1.54) is 0 Å². The average molecular weight is 194 g/mol. The van der Waals surface area contributed by atoms with Crippen LogP contribution in [-0.2, 0) is 0 Å². The molecule has 80 valence electrons. The van der Waals surface area contributed by atoms with Crippen LogP contribution in [0.4, 0.5) is 8.78 Å². The predicted molar refractivity (Wildman–Crippen MR) is 51.0 cm³/mol. The molecule has 0 aromatic heterocycles. The van der Waals surface area contributed by atoms with Crippen molar-refractivity contribution in [1.82, 2.24) is 4.90 Å². The number of alkyl halides is 2. The Morgan fingerprint density at radius 1 is 1.31 bits per heavy atom. The normalized spacial score (nSPS) is 14.1. The molecule has 13 heavy (non-hydrogen) atoms. The lowest BCUT2D eigenvalue weighted by Crippen LogP contribution is -2.26. The van der Waals surface area contributed by atoms with Crippen molar-refractivity contribution in [3.63, 3.8) is 0 Å². The molecule has 4 heteroatoms. The summed E-state index contributed by atoms with van der Waals surface area (Å²) < 4.78 is 23.7. The molecule has 0 saturated carbocycles. The molecular formula is C9H20F2N2. The summed E-state index contributed by atoms with van der Waals surface area (Å²) in [5.74, 6) is 0. The number of nitrogens with zero attached hydrogens (tertiary/aromatic N) is 1. The highest BCUT2D eigenvalue weighted by Crippen LogP contribution is 2.01. The summed E-state index contributed by atoms with van der Waals surface area (Å²) in [5, 5.41) is 0. The summed E-state index contributed by atoms with van der Waals surface area (Å²) in [6.07, 6.45) is 0.719. The van der Waals surface area contributed by atoms with E-state index >= 15 is 0 Å². The maximum absolute atomic E-state index is 11.9. The fourth-order valence-corrected chi connectivity index (χ4v) is 1.17. The van der Waals surface area contributed by atoms with Gasteiger partial charge in [-0.2, -0.15) is 0 Å². The van der Waals surface area contributed by atoms with Crippen molar-refractivity contribution in [2.24, 2.45) is 5.73 Å². The van der Waals surface area contributed by atoms with Gasteiger partial charge in [-0.15, -0.1) is 0 Å². The Morgan fingerprint density at radius 3 is 2.38 bits per heavy atom. The highest BCUT2D eigenvalue weighted by molar-refractivity contribution is 4.57. The van der Waals surface area contributed by atoms with Gasteiger partial charge in [-0.05, 0) is 33.4 Å². The first-order valence-corrected chi connectivity index (χ1v) is 4.74. The summed E-state index contributed by atoms with van der Waals surface area (Å²) in [6.45, 7) is 2.57. The van der Waals surface area contributed by atoms with Gasteiger partial charge in [0, 0.05) is 6.04 Å². The zero-order valence-electron chi connectivity index (χ0n) is 8.47. The lowest BCUT2D eigenvalue weighted by molar-refractivity contribution is 0.0995. The van der Waals surface area contributed by atoms with Crippen LogP contribution in [0, 0.1) is 0 Å². The minimum Gasteiger partial charge on any atom is -0.328 e. The molecule has 0 aliphatic heterocycles. The Kier molecular flexibility index (Phi) is 7.09. The third kappa shape index (κ3) is 9.70. The molecule has 0 spiro atoms. The first-order chi connectivity index (χ1) is 6.02. The molecule has 0 heterocycles. The number of rotatable bonds is 7. The van der Waals surface area contributed by atoms with E-state index in [-0.39, 0.29) is 12.6 Å². The monoisotopic (exact) mass is 194 g/mol. The lowest BCUT2D eigenvalue weighted by atomic mass is 10.1. The molecule has 0 fully saturated rings. The van der Waals surface area contributed by atoms with Crippen molar-refractivity contribution >= 4 is 0 Å². The maximum atomic E-state index is 11.9. The molecule has 0 aliphatic rings. The molecule has 2 N–H and O–H groups in total. The standard InChI is InChI=1S/C9H20F2N2/c1-8(12)5-3-4-6-13(2)7-9(10)11/h8-9H,3-7,12H2,1-2H3. The second kappa shape index (κ2) is 7.21. The zero-order valence-corrected chi connectivity index (χ0v) is 8.47. The SMILES string of the molecule is CC(N)CCCCN(C)CC(F)F. The van der Waals surface area contributed by atoms with Gasteiger partial charge in [0.15, 0.2) is 0 Å². The third-order valence-electron chi connectivity index (χ3n) is 1.90. The van der Waals surface area contributed by atoms with E-state index in [0.29, 0.717) is 0 Å². The van der Waals surface area contributed by atoms with Crippen molar-refractivity contribution in [3.8, 4) is 0 Å². The Morgan fingerprint density at radius 2 is 1.92 bits per heavy atom. The van der Waals surface area contributed by atoms with Crippen molar-refractivity contribution in [2.75, 3.05) is 20.1 Å². The van der Waals surface area contributed by atoms with Crippen LogP contribution in [0.1, 0.15) is 26.2 Å². The van der Waals surface area contributed by atoms with Gasteiger partial charge in [0.2, 0.25) is 0 Å². The number of unbranched alkanes of at least 4 members (excludes halogenated alkanes) is 1. The van der Waals surface area contributed by atoms with Crippen molar-refractivity contribution in [2.45, 2.75) is 38.7 Å². The van der Waals surface area contributed by atoms with Crippen LogP contribution in [0.25, 0.3) is 0 Å². The Bertz CT molecular complexity index is 118. The van der Waals surface area contributed by atoms with E-state index in [4.69, 9.17) is 5.73 Å². The second-order valence-electron chi connectivity index (χ2n) is 3.63. The highest BCUT2D eigenvalue weighted by atomic mass is 19.3. The van der Waals surface area contributed by atoms with Gasteiger partial charge in [0.1, 0.15) is 0 Å².